The molecule has 17 heavy (non-hydrogen) atoms. The summed E-state index contributed by atoms with van der Waals surface area (Å²) in [6, 6.07) is 4.23. The molecule has 0 saturated carbocycles. The Kier molecular flexibility index (Phi) is 4.68. The maximum atomic E-state index is 5.57. The number of hydrogen-bond acceptors (Lipinski definition) is 4. The molecule has 0 aromatic carbocycles. The molecule has 0 spiro atoms. The number of aromatic nitrogens is 1. The summed E-state index contributed by atoms with van der Waals surface area (Å²) in [6.07, 6.45) is 3.45. The molecule has 1 saturated heterocycles. The molecule has 1 aromatic rings. The molecule has 0 radical (unpaired) electrons. The van der Waals surface area contributed by atoms with Gasteiger partial charge in [-0.05, 0) is 38.0 Å². The van der Waals surface area contributed by atoms with E-state index in [1.165, 1.54) is 12.0 Å². The van der Waals surface area contributed by atoms with Crippen LogP contribution in [0.1, 0.15) is 25.8 Å². The highest BCUT2D eigenvalue weighted by molar-refractivity contribution is 7.99. The zero-order valence-corrected chi connectivity index (χ0v) is 11.3. The fraction of sp³-hybridized carbons (Fsp3) is 0.615. The van der Waals surface area contributed by atoms with Crippen molar-refractivity contribution in [3.05, 3.63) is 23.9 Å². The van der Waals surface area contributed by atoms with E-state index in [0.29, 0.717) is 11.4 Å². The molecular formula is C13H20N2OS. The van der Waals surface area contributed by atoms with Crippen LogP contribution in [0.2, 0.25) is 0 Å². The van der Waals surface area contributed by atoms with Crippen molar-refractivity contribution in [2.24, 2.45) is 0 Å². The Balaban J connectivity index is 1.87. The minimum absolute atomic E-state index is 0.398. The lowest BCUT2D eigenvalue weighted by atomic mass is 10.2. The van der Waals surface area contributed by atoms with Gasteiger partial charge in [-0.3, -0.25) is 0 Å². The summed E-state index contributed by atoms with van der Waals surface area (Å²) in [4.78, 5) is 4.28. The van der Waals surface area contributed by atoms with Crippen molar-refractivity contribution >= 4 is 17.6 Å². The van der Waals surface area contributed by atoms with E-state index in [2.05, 4.69) is 36.3 Å². The highest BCUT2D eigenvalue weighted by atomic mass is 32.2. The first kappa shape index (κ1) is 12.7. The normalized spacial score (nSPS) is 23.9. The van der Waals surface area contributed by atoms with Gasteiger partial charge in [-0.1, -0.05) is 0 Å². The number of ether oxygens (including phenoxy) is 1. The molecule has 1 N–H and O–H groups in total. The van der Waals surface area contributed by atoms with Gasteiger partial charge in [0.1, 0.15) is 5.82 Å². The van der Waals surface area contributed by atoms with E-state index in [1.807, 2.05) is 18.0 Å². The van der Waals surface area contributed by atoms with E-state index in [4.69, 9.17) is 4.74 Å². The van der Waals surface area contributed by atoms with Crippen LogP contribution in [0.25, 0.3) is 0 Å². The Hall–Kier alpha value is -0.740. The first-order chi connectivity index (χ1) is 8.29. The Morgan fingerprint density at radius 2 is 2.47 bits per heavy atom. The standard InChI is InChI=1S/C13H20N2OS/c1-3-14-13-8-11(4-6-15-13)9-17-12-5-7-16-10(12)2/h4,6,8,10,12H,3,5,7,9H2,1-2H3,(H,14,15). The van der Waals surface area contributed by atoms with Gasteiger partial charge in [-0.15, -0.1) is 0 Å². The second kappa shape index (κ2) is 6.26. The van der Waals surface area contributed by atoms with E-state index >= 15 is 0 Å². The molecule has 3 nitrogen and oxygen atoms in total. The molecule has 2 heterocycles. The summed E-state index contributed by atoms with van der Waals surface area (Å²) in [6.45, 7) is 6.08. The minimum Gasteiger partial charge on any atom is -0.377 e. The lowest BCUT2D eigenvalue weighted by Crippen LogP contribution is -2.13. The predicted molar refractivity (Wildman–Crippen MR) is 73.5 cm³/mol. The molecule has 1 aliphatic heterocycles. The number of nitrogens with one attached hydrogen (secondary N) is 1. The molecule has 0 aliphatic carbocycles. The Labute approximate surface area is 107 Å². The van der Waals surface area contributed by atoms with Gasteiger partial charge < -0.3 is 10.1 Å². The quantitative estimate of drug-likeness (QED) is 0.873. The molecule has 0 amide bonds. The third-order valence-electron chi connectivity index (χ3n) is 2.95. The SMILES string of the molecule is CCNc1cc(CSC2CCOC2C)ccn1. The van der Waals surface area contributed by atoms with Gasteiger partial charge >= 0.3 is 0 Å². The van der Waals surface area contributed by atoms with Crippen LogP contribution in [-0.4, -0.2) is 29.5 Å². The highest BCUT2D eigenvalue weighted by Crippen LogP contribution is 2.29. The zero-order valence-electron chi connectivity index (χ0n) is 10.5. The molecule has 2 atom stereocenters. The second-order valence-electron chi connectivity index (χ2n) is 4.29. The van der Waals surface area contributed by atoms with E-state index < -0.39 is 0 Å². The van der Waals surface area contributed by atoms with Crippen LogP contribution in [0, 0.1) is 0 Å². The van der Waals surface area contributed by atoms with Crippen LogP contribution in [0.3, 0.4) is 0 Å². The second-order valence-corrected chi connectivity index (χ2v) is 5.52. The van der Waals surface area contributed by atoms with Gasteiger partial charge in [-0.2, -0.15) is 11.8 Å². The van der Waals surface area contributed by atoms with Crippen LogP contribution in [0.5, 0.6) is 0 Å². The fourth-order valence-electron chi connectivity index (χ4n) is 1.98. The number of rotatable bonds is 5. The predicted octanol–water partition coefficient (Wildman–Crippen LogP) is 2.92. The molecule has 1 aliphatic rings. The maximum Gasteiger partial charge on any atom is 0.126 e. The molecular weight excluding hydrogens is 232 g/mol. The van der Waals surface area contributed by atoms with E-state index in [1.54, 1.807) is 0 Å². The molecule has 2 rings (SSSR count). The van der Waals surface area contributed by atoms with E-state index in [9.17, 15) is 0 Å². The monoisotopic (exact) mass is 252 g/mol. The van der Waals surface area contributed by atoms with Crippen molar-refractivity contribution in [3.63, 3.8) is 0 Å². The van der Waals surface area contributed by atoms with Crippen molar-refractivity contribution < 1.29 is 4.74 Å². The number of thioether (sulfide) groups is 1. The van der Waals surface area contributed by atoms with Crippen LogP contribution >= 0.6 is 11.8 Å². The zero-order chi connectivity index (χ0) is 12.1. The Morgan fingerprint density at radius 3 is 3.18 bits per heavy atom. The van der Waals surface area contributed by atoms with Gasteiger partial charge in [0.2, 0.25) is 0 Å². The van der Waals surface area contributed by atoms with Crippen LogP contribution in [0.15, 0.2) is 18.3 Å². The van der Waals surface area contributed by atoms with Crippen LogP contribution < -0.4 is 5.32 Å². The largest absolute Gasteiger partial charge is 0.377 e. The van der Waals surface area contributed by atoms with Crippen LogP contribution in [0.4, 0.5) is 5.82 Å². The Morgan fingerprint density at radius 1 is 1.59 bits per heavy atom. The van der Waals surface area contributed by atoms with Crippen molar-refractivity contribution in [1.29, 1.82) is 0 Å². The summed E-state index contributed by atoms with van der Waals surface area (Å²) in [5, 5.41) is 3.88. The summed E-state index contributed by atoms with van der Waals surface area (Å²) < 4.78 is 5.57. The lowest BCUT2D eigenvalue weighted by Gasteiger charge is -2.13. The lowest BCUT2D eigenvalue weighted by molar-refractivity contribution is 0.127. The Bertz CT molecular complexity index is 359. The first-order valence-electron chi connectivity index (χ1n) is 6.21. The minimum atomic E-state index is 0.398. The first-order valence-corrected chi connectivity index (χ1v) is 7.26. The maximum absolute atomic E-state index is 5.57. The number of nitrogens with zero attached hydrogens (tertiary/aromatic N) is 1. The third kappa shape index (κ3) is 3.61. The third-order valence-corrected chi connectivity index (χ3v) is 4.50. The molecule has 94 valence electrons. The van der Waals surface area contributed by atoms with Crippen molar-refractivity contribution in [2.75, 3.05) is 18.5 Å². The average molecular weight is 252 g/mol. The van der Waals surface area contributed by atoms with Gasteiger partial charge in [0.05, 0.1) is 6.10 Å². The van der Waals surface area contributed by atoms with Crippen molar-refractivity contribution in [3.8, 4) is 0 Å². The molecule has 4 heteroatoms. The van der Waals surface area contributed by atoms with Gasteiger partial charge in [0.25, 0.3) is 0 Å². The topological polar surface area (TPSA) is 34.1 Å². The van der Waals surface area contributed by atoms with Crippen molar-refractivity contribution in [2.45, 2.75) is 37.4 Å². The summed E-state index contributed by atoms with van der Waals surface area (Å²) >= 11 is 1.99. The molecule has 2 unspecified atom stereocenters. The van der Waals surface area contributed by atoms with Crippen LogP contribution in [-0.2, 0) is 10.5 Å². The van der Waals surface area contributed by atoms with E-state index in [-0.39, 0.29) is 0 Å². The van der Waals surface area contributed by atoms with Gasteiger partial charge in [0, 0.05) is 30.4 Å². The summed E-state index contributed by atoms with van der Waals surface area (Å²) in [5.41, 5.74) is 1.33. The smallest absolute Gasteiger partial charge is 0.126 e. The van der Waals surface area contributed by atoms with Crippen molar-refractivity contribution in [1.82, 2.24) is 4.98 Å². The van der Waals surface area contributed by atoms with Gasteiger partial charge in [-0.25, -0.2) is 4.98 Å². The van der Waals surface area contributed by atoms with E-state index in [0.717, 1.165) is 24.7 Å². The number of hydrogen-bond donors (Lipinski definition) is 1. The van der Waals surface area contributed by atoms with Gasteiger partial charge in [0.15, 0.2) is 0 Å². The molecule has 1 fully saturated rings. The number of anilines is 1. The molecule has 1 aromatic heterocycles. The summed E-state index contributed by atoms with van der Waals surface area (Å²) in [5.74, 6) is 2.01. The summed E-state index contributed by atoms with van der Waals surface area (Å²) in [7, 11) is 0. The number of pyridine rings is 1. The molecule has 0 bridgehead atoms. The highest BCUT2D eigenvalue weighted by Gasteiger charge is 2.24. The average Bonchev–Trinajstić information content (AvgIpc) is 2.73. The fourth-order valence-corrected chi connectivity index (χ4v) is 3.17.